The van der Waals surface area contributed by atoms with Crippen molar-refractivity contribution in [3.8, 4) is 0 Å². The third-order valence-corrected chi connectivity index (χ3v) is 4.69. The molecule has 0 amide bonds. The molecule has 0 aromatic carbocycles. The van der Waals surface area contributed by atoms with E-state index in [0.717, 1.165) is 38.0 Å². The molecule has 2 aliphatic carbocycles. The van der Waals surface area contributed by atoms with Gasteiger partial charge in [-0.3, -0.25) is 4.68 Å². The molecular formula is C14H18N2O3. The average molecular weight is 262 g/mol. The molecule has 1 aromatic rings. The number of carbonyl (C=O) groups is 1. The van der Waals surface area contributed by atoms with E-state index < -0.39 is 5.97 Å². The number of carboxylic acids is 1. The van der Waals surface area contributed by atoms with E-state index in [2.05, 4.69) is 5.10 Å². The lowest BCUT2D eigenvalue weighted by Crippen LogP contribution is -2.26. The molecule has 5 nitrogen and oxygen atoms in total. The van der Waals surface area contributed by atoms with Crippen LogP contribution in [0.4, 0.5) is 0 Å². The lowest BCUT2D eigenvalue weighted by Gasteiger charge is -2.23. The van der Waals surface area contributed by atoms with E-state index in [1.165, 1.54) is 18.5 Å². The molecular weight excluding hydrogens is 244 g/mol. The highest BCUT2D eigenvalue weighted by Gasteiger charge is 2.50. The van der Waals surface area contributed by atoms with Gasteiger partial charge in [0, 0.05) is 23.8 Å². The van der Waals surface area contributed by atoms with Gasteiger partial charge in [0.25, 0.3) is 0 Å². The van der Waals surface area contributed by atoms with E-state index in [1.54, 1.807) is 0 Å². The topological polar surface area (TPSA) is 64.3 Å². The van der Waals surface area contributed by atoms with E-state index in [9.17, 15) is 9.90 Å². The van der Waals surface area contributed by atoms with E-state index in [1.807, 2.05) is 4.68 Å². The van der Waals surface area contributed by atoms with Crippen molar-refractivity contribution < 1.29 is 14.6 Å². The van der Waals surface area contributed by atoms with Crippen molar-refractivity contribution in [1.82, 2.24) is 9.78 Å². The number of aromatic carboxylic acids is 1. The Kier molecular flexibility index (Phi) is 2.45. The Morgan fingerprint density at radius 3 is 3.11 bits per heavy atom. The second-order valence-corrected chi connectivity index (χ2v) is 5.99. The van der Waals surface area contributed by atoms with Crippen molar-refractivity contribution in [3.05, 3.63) is 17.0 Å². The van der Waals surface area contributed by atoms with Gasteiger partial charge in [-0.1, -0.05) is 0 Å². The van der Waals surface area contributed by atoms with Gasteiger partial charge in [-0.25, -0.2) is 4.79 Å². The fourth-order valence-corrected chi connectivity index (χ4v) is 3.65. The summed E-state index contributed by atoms with van der Waals surface area (Å²) in [7, 11) is 0. The maximum absolute atomic E-state index is 11.3. The summed E-state index contributed by atoms with van der Waals surface area (Å²) in [5.41, 5.74) is 2.46. The number of nitrogens with zero attached hydrogens (tertiary/aromatic N) is 2. The zero-order chi connectivity index (χ0) is 13.0. The van der Waals surface area contributed by atoms with Crippen molar-refractivity contribution in [2.45, 2.75) is 50.7 Å². The molecule has 1 aromatic heterocycles. The number of ether oxygens (including phenoxy) is 1. The molecule has 1 N–H and O–H groups in total. The zero-order valence-corrected chi connectivity index (χ0v) is 10.8. The largest absolute Gasteiger partial charge is 0.476 e. The van der Waals surface area contributed by atoms with Crippen LogP contribution in [0.3, 0.4) is 0 Å². The number of hydrogen-bond acceptors (Lipinski definition) is 3. The molecule has 19 heavy (non-hydrogen) atoms. The molecule has 4 rings (SSSR count). The number of carboxylic acid groups (broad SMARTS) is 1. The fraction of sp³-hybridized carbons (Fsp3) is 0.714. The minimum absolute atomic E-state index is 0.206. The molecule has 3 atom stereocenters. The van der Waals surface area contributed by atoms with Gasteiger partial charge in [0.15, 0.2) is 5.69 Å². The molecule has 0 bridgehead atoms. The van der Waals surface area contributed by atoms with Crippen LogP contribution < -0.4 is 0 Å². The van der Waals surface area contributed by atoms with Gasteiger partial charge < -0.3 is 9.84 Å². The van der Waals surface area contributed by atoms with Crippen molar-refractivity contribution in [3.63, 3.8) is 0 Å². The van der Waals surface area contributed by atoms with Crippen LogP contribution in [0.1, 0.15) is 53.3 Å². The number of aromatic nitrogens is 2. The maximum Gasteiger partial charge on any atom is 0.356 e. The van der Waals surface area contributed by atoms with Gasteiger partial charge in [0.05, 0.1) is 12.6 Å². The molecule has 1 saturated carbocycles. The third-order valence-electron chi connectivity index (χ3n) is 4.69. The van der Waals surface area contributed by atoms with Crippen LogP contribution >= 0.6 is 0 Å². The Hall–Kier alpha value is -1.36. The van der Waals surface area contributed by atoms with Crippen LogP contribution in [0.15, 0.2) is 0 Å². The molecule has 2 fully saturated rings. The summed E-state index contributed by atoms with van der Waals surface area (Å²) in [6.07, 6.45) is 5.73. The molecule has 2 heterocycles. The van der Waals surface area contributed by atoms with Crippen molar-refractivity contribution >= 4 is 5.97 Å². The summed E-state index contributed by atoms with van der Waals surface area (Å²) < 4.78 is 7.69. The predicted octanol–water partition coefficient (Wildman–Crippen LogP) is 1.81. The van der Waals surface area contributed by atoms with Crippen LogP contribution in [0.5, 0.6) is 0 Å². The van der Waals surface area contributed by atoms with Crippen LogP contribution in [0.2, 0.25) is 0 Å². The molecule has 3 aliphatic rings. The lowest BCUT2D eigenvalue weighted by molar-refractivity contribution is 0.00340. The van der Waals surface area contributed by atoms with Crippen molar-refractivity contribution in [2.24, 2.45) is 5.92 Å². The standard InChI is InChI=1S/C14H18N2O3/c17-14(18)12-11-6-8-5-10(8)13(11)16(15-12)7-9-3-1-2-4-19-9/h8-10H,1-7H2,(H,17,18)/t8-,9?,10-/m1/s1. The van der Waals surface area contributed by atoms with E-state index in [0.29, 0.717) is 11.8 Å². The molecule has 1 unspecified atom stereocenters. The number of rotatable bonds is 3. The SMILES string of the molecule is O=C(O)c1nn(CC2CCCCO2)c2c1C[C@H]1C[C@@H]21. The molecule has 5 heteroatoms. The Morgan fingerprint density at radius 2 is 2.37 bits per heavy atom. The summed E-state index contributed by atoms with van der Waals surface area (Å²) in [5.74, 6) is 0.365. The maximum atomic E-state index is 11.3. The minimum Gasteiger partial charge on any atom is -0.476 e. The highest BCUT2D eigenvalue weighted by molar-refractivity contribution is 5.88. The van der Waals surface area contributed by atoms with Gasteiger partial charge in [-0.05, 0) is 38.0 Å². The van der Waals surface area contributed by atoms with E-state index in [4.69, 9.17) is 4.74 Å². The lowest BCUT2D eigenvalue weighted by atomic mass is 10.1. The Labute approximate surface area is 111 Å². The highest BCUT2D eigenvalue weighted by atomic mass is 16.5. The highest BCUT2D eigenvalue weighted by Crippen LogP contribution is 2.56. The third kappa shape index (κ3) is 1.79. The van der Waals surface area contributed by atoms with Gasteiger partial charge >= 0.3 is 5.97 Å². The second kappa shape index (κ2) is 4.07. The number of hydrogen-bond donors (Lipinski definition) is 1. The predicted molar refractivity (Wildman–Crippen MR) is 67.3 cm³/mol. The van der Waals surface area contributed by atoms with Crippen LogP contribution in [0.25, 0.3) is 0 Å². The van der Waals surface area contributed by atoms with Gasteiger partial charge in [0.1, 0.15) is 0 Å². The molecule has 0 radical (unpaired) electrons. The number of fused-ring (bicyclic) bond motifs is 3. The summed E-state index contributed by atoms with van der Waals surface area (Å²) >= 11 is 0. The Balaban J connectivity index is 1.64. The van der Waals surface area contributed by atoms with Crippen LogP contribution in [0, 0.1) is 5.92 Å². The summed E-state index contributed by atoms with van der Waals surface area (Å²) in [6.45, 7) is 1.55. The van der Waals surface area contributed by atoms with Gasteiger partial charge in [-0.2, -0.15) is 5.10 Å². The molecule has 102 valence electrons. The normalized spacial score (nSPS) is 31.9. The molecule has 1 saturated heterocycles. The second-order valence-electron chi connectivity index (χ2n) is 5.99. The first-order valence-electron chi connectivity index (χ1n) is 7.18. The first-order valence-corrected chi connectivity index (χ1v) is 7.18. The molecule has 0 spiro atoms. The van der Waals surface area contributed by atoms with Crippen molar-refractivity contribution in [2.75, 3.05) is 6.61 Å². The van der Waals surface area contributed by atoms with Crippen LogP contribution in [-0.2, 0) is 17.7 Å². The summed E-state index contributed by atoms with van der Waals surface area (Å²) in [6, 6.07) is 0. The first-order chi connectivity index (χ1) is 9.24. The van der Waals surface area contributed by atoms with Gasteiger partial charge in [-0.15, -0.1) is 0 Å². The Morgan fingerprint density at radius 1 is 1.47 bits per heavy atom. The minimum atomic E-state index is -0.888. The van der Waals surface area contributed by atoms with Crippen LogP contribution in [-0.4, -0.2) is 33.6 Å². The monoisotopic (exact) mass is 262 g/mol. The molecule has 1 aliphatic heterocycles. The van der Waals surface area contributed by atoms with Crippen molar-refractivity contribution in [1.29, 1.82) is 0 Å². The average Bonchev–Trinajstić information content (AvgIpc) is 2.92. The van der Waals surface area contributed by atoms with E-state index >= 15 is 0 Å². The zero-order valence-electron chi connectivity index (χ0n) is 10.8. The summed E-state index contributed by atoms with van der Waals surface area (Å²) in [5, 5.41) is 13.6. The first kappa shape index (κ1) is 11.5. The Bertz CT molecular complexity index is 531. The summed E-state index contributed by atoms with van der Waals surface area (Å²) in [4.78, 5) is 11.3. The fourth-order valence-electron chi connectivity index (χ4n) is 3.65. The van der Waals surface area contributed by atoms with E-state index in [-0.39, 0.29) is 11.8 Å². The smallest absolute Gasteiger partial charge is 0.356 e. The quantitative estimate of drug-likeness (QED) is 0.902. The van der Waals surface area contributed by atoms with Gasteiger partial charge in [0.2, 0.25) is 0 Å².